The van der Waals surface area contributed by atoms with E-state index >= 15 is 0 Å². The zero-order chi connectivity index (χ0) is 18.7. The lowest BCUT2D eigenvalue weighted by Crippen LogP contribution is -2.32. The Kier molecular flexibility index (Phi) is 5.38. The van der Waals surface area contributed by atoms with Crippen molar-refractivity contribution in [3.05, 3.63) is 65.2 Å². The predicted molar refractivity (Wildman–Crippen MR) is 103 cm³/mol. The van der Waals surface area contributed by atoms with Crippen molar-refractivity contribution < 1.29 is 9.59 Å². The Labute approximate surface area is 154 Å². The minimum atomic E-state index is -0.0826. The van der Waals surface area contributed by atoms with Crippen molar-refractivity contribution in [2.75, 3.05) is 33.0 Å². The molecule has 2 aromatic rings. The van der Waals surface area contributed by atoms with Crippen LogP contribution in [0.2, 0.25) is 0 Å². The molecule has 0 spiro atoms. The van der Waals surface area contributed by atoms with Crippen LogP contribution in [0.1, 0.15) is 33.9 Å². The Bertz CT molecular complexity index is 816. The first-order valence-corrected chi connectivity index (χ1v) is 8.85. The second-order valence-electron chi connectivity index (χ2n) is 7.00. The van der Waals surface area contributed by atoms with Gasteiger partial charge in [0.15, 0.2) is 0 Å². The highest BCUT2D eigenvalue weighted by molar-refractivity contribution is 5.97. The SMILES string of the molecule is CN(C)C(=O)c1cccc(NC(=O)CN(C)[C@H]2CCc3ccccc32)c1. The van der Waals surface area contributed by atoms with Crippen molar-refractivity contribution in [3.63, 3.8) is 0 Å². The fraction of sp³-hybridized carbons (Fsp3) is 0.333. The first-order valence-electron chi connectivity index (χ1n) is 8.85. The lowest BCUT2D eigenvalue weighted by atomic mass is 10.1. The highest BCUT2D eigenvalue weighted by atomic mass is 16.2. The average Bonchev–Trinajstić information content (AvgIpc) is 3.05. The van der Waals surface area contributed by atoms with E-state index in [1.54, 1.807) is 38.4 Å². The van der Waals surface area contributed by atoms with Gasteiger partial charge in [-0.1, -0.05) is 30.3 Å². The van der Waals surface area contributed by atoms with Crippen molar-refractivity contribution in [3.8, 4) is 0 Å². The molecule has 0 aromatic heterocycles. The number of fused-ring (bicyclic) bond motifs is 1. The summed E-state index contributed by atoms with van der Waals surface area (Å²) in [5, 5.41) is 2.90. The number of likely N-dealkylation sites (N-methyl/N-ethyl adjacent to an activating group) is 1. The summed E-state index contributed by atoms with van der Waals surface area (Å²) in [5.41, 5.74) is 3.90. The van der Waals surface area contributed by atoms with Gasteiger partial charge >= 0.3 is 0 Å². The Morgan fingerprint density at radius 1 is 1.08 bits per heavy atom. The normalized spacial score (nSPS) is 15.6. The van der Waals surface area contributed by atoms with Crippen molar-refractivity contribution in [2.24, 2.45) is 0 Å². The quantitative estimate of drug-likeness (QED) is 0.901. The zero-order valence-electron chi connectivity index (χ0n) is 15.5. The lowest BCUT2D eigenvalue weighted by molar-refractivity contribution is -0.117. The second-order valence-corrected chi connectivity index (χ2v) is 7.00. The highest BCUT2D eigenvalue weighted by Crippen LogP contribution is 2.34. The summed E-state index contributed by atoms with van der Waals surface area (Å²) in [4.78, 5) is 28.1. The van der Waals surface area contributed by atoms with Crippen LogP contribution in [0.3, 0.4) is 0 Å². The monoisotopic (exact) mass is 351 g/mol. The molecule has 1 atom stereocenters. The third-order valence-electron chi connectivity index (χ3n) is 4.83. The highest BCUT2D eigenvalue weighted by Gasteiger charge is 2.26. The summed E-state index contributed by atoms with van der Waals surface area (Å²) in [5.74, 6) is -0.160. The number of nitrogens with one attached hydrogen (secondary N) is 1. The largest absolute Gasteiger partial charge is 0.345 e. The van der Waals surface area contributed by atoms with Gasteiger partial charge in [-0.05, 0) is 49.2 Å². The average molecular weight is 351 g/mol. The lowest BCUT2D eigenvalue weighted by Gasteiger charge is -2.24. The van der Waals surface area contributed by atoms with Gasteiger partial charge in [0.05, 0.1) is 6.54 Å². The summed E-state index contributed by atoms with van der Waals surface area (Å²) < 4.78 is 0. The molecule has 0 bridgehead atoms. The summed E-state index contributed by atoms with van der Waals surface area (Å²) in [6, 6.07) is 15.8. The number of benzene rings is 2. The predicted octanol–water partition coefficient (Wildman–Crippen LogP) is 2.95. The van der Waals surface area contributed by atoms with Gasteiger partial charge in [0.2, 0.25) is 5.91 Å². The molecule has 0 unspecified atom stereocenters. The van der Waals surface area contributed by atoms with Crippen LogP contribution in [0, 0.1) is 0 Å². The van der Waals surface area contributed by atoms with Crippen LogP contribution in [0.5, 0.6) is 0 Å². The van der Waals surface area contributed by atoms with Crippen LogP contribution < -0.4 is 5.32 Å². The molecule has 3 rings (SSSR count). The van der Waals surface area contributed by atoms with Gasteiger partial charge in [0.25, 0.3) is 5.91 Å². The molecule has 0 aliphatic heterocycles. The van der Waals surface area contributed by atoms with E-state index in [9.17, 15) is 9.59 Å². The van der Waals surface area contributed by atoms with Gasteiger partial charge in [-0.2, -0.15) is 0 Å². The molecule has 2 aromatic carbocycles. The van der Waals surface area contributed by atoms with Crippen molar-refractivity contribution in [2.45, 2.75) is 18.9 Å². The Hall–Kier alpha value is -2.66. The summed E-state index contributed by atoms with van der Waals surface area (Å²) in [7, 11) is 5.41. The smallest absolute Gasteiger partial charge is 0.253 e. The van der Waals surface area contributed by atoms with E-state index in [0.717, 1.165) is 12.8 Å². The first-order chi connectivity index (χ1) is 12.5. The van der Waals surface area contributed by atoms with Crippen molar-refractivity contribution in [1.29, 1.82) is 0 Å². The van der Waals surface area contributed by atoms with E-state index in [1.807, 2.05) is 7.05 Å². The standard InChI is InChI=1S/C21H25N3O2/c1-23(2)21(26)16-8-6-9-17(13-16)22-20(25)14-24(3)19-12-11-15-7-4-5-10-18(15)19/h4-10,13,19H,11-12,14H2,1-3H3,(H,22,25)/t19-/m0/s1. The van der Waals surface area contributed by atoms with E-state index in [1.165, 1.54) is 16.0 Å². The maximum Gasteiger partial charge on any atom is 0.253 e. The Morgan fingerprint density at radius 3 is 2.62 bits per heavy atom. The van der Waals surface area contributed by atoms with Crippen LogP contribution in [-0.4, -0.2) is 49.3 Å². The first kappa shape index (κ1) is 18.1. The molecule has 26 heavy (non-hydrogen) atoms. The molecule has 1 aliphatic rings. The molecule has 5 heteroatoms. The van der Waals surface area contributed by atoms with Gasteiger partial charge < -0.3 is 10.2 Å². The van der Waals surface area contributed by atoms with Crippen molar-refractivity contribution >= 4 is 17.5 Å². The number of hydrogen-bond acceptors (Lipinski definition) is 3. The topological polar surface area (TPSA) is 52.7 Å². The number of carbonyl (C=O) groups excluding carboxylic acids is 2. The molecule has 1 aliphatic carbocycles. The molecular formula is C21H25N3O2. The van der Waals surface area contributed by atoms with Gasteiger partial charge in [-0.3, -0.25) is 14.5 Å². The molecule has 0 saturated carbocycles. The maximum atomic E-state index is 12.5. The fourth-order valence-electron chi connectivity index (χ4n) is 3.52. The number of anilines is 1. The number of amides is 2. The second kappa shape index (κ2) is 7.70. The molecule has 5 nitrogen and oxygen atoms in total. The number of aryl methyl sites for hydroxylation is 1. The van der Waals surface area contributed by atoms with Crippen LogP contribution in [0.25, 0.3) is 0 Å². The molecule has 0 saturated heterocycles. The molecule has 0 heterocycles. The van der Waals surface area contributed by atoms with Crippen LogP contribution in [0.4, 0.5) is 5.69 Å². The molecule has 2 amide bonds. The minimum Gasteiger partial charge on any atom is -0.345 e. The molecule has 136 valence electrons. The van der Waals surface area contributed by atoms with Gasteiger partial charge in [-0.25, -0.2) is 0 Å². The third kappa shape index (κ3) is 3.94. The van der Waals surface area contributed by atoms with E-state index < -0.39 is 0 Å². The van der Waals surface area contributed by atoms with Gasteiger partial charge in [-0.15, -0.1) is 0 Å². The van der Waals surface area contributed by atoms with Crippen molar-refractivity contribution in [1.82, 2.24) is 9.80 Å². The molecular weight excluding hydrogens is 326 g/mol. The van der Waals surface area contributed by atoms with E-state index in [-0.39, 0.29) is 17.9 Å². The number of rotatable bonds is 5. The van der Waals surface area contributed by atoms with Gasteiger partial charge in [0, 0.05) is 31.4 Å². The molecule has 1 N–H and O–H groups in total. The third-order valence-corrected chi connectivity index (χ3v) is 4.83. The number of hydrogen-bond donors (Lipinski definition) is 1. The van der Waals surface area contributed by atoms with Crippen LogP contribution in [-0.2, 0) is 11.2 Å². The minimum absolute atomic E-state index is 0.0775. The molecule has 0 radical (unpaired) electrons. The molecule has 0 fully saturated rings. The Morgan fingerprint density at radius 2 is 1.85 bits per heavy atom. The fourth-order valence-corrected chi connectivity index (χ4v) is 3.52. The van der Waals surface area contributed by atoms with E-state index in [0.29, 0.717) is 17.8 Å². The Balaban J connectivity index is 1.63. The van der Waals surface area contributed by atoms with E-state index in [2.05, 4.69) is 34.5 Å². The van der Waals surface area contributed by atoms with Crippen LogP contribution in [0.15, 0.2) is 48.5 Å². The number of carbonyl (C=O) groups is 2. The summed E-state index contributed by atoms with van der Waals surface area (Å²) in [6.07, 6.45) is 2.09. The number of nitrogens with zero attached hydrogens (tertiary/aromatic N) is 2. The summed E-state index contributed by atoms with van der Waals surface area (Å²) in [6.45, 7) is 0.310. The zero-order valence-corrected chi connectivity index (χ0v) is 15.5. The van der Waals surface area contributed by atoms with E-state index in [4.69, 9.17) is 0 Å². The maximum absolute atomic E-state index is 12.5. The summed E-state index contributed by atoms with van der Waals surface area (Å²) >= 11 is 0. The van der Waals surface area contributed by atoms with Crippen LogP contribution >= 0.6 is 0 Å². The van der Waals surface area contributed by atoms with Gasteiger partial charge in [0.1, 0.15) is 0 Å².